The number of methoxy groups -OCH3 is 1. The first kappa shape index (κ1) is 14.4. The van der Waals surface area contributed by atoms with Gasteiger partial charge in [0, 0.05) is 6.54 Å². The van der Waals surface area contributed by atoms with E-state index in [0.717, 1.165) is 19.3 Å². The van der Waals surface area contributed by atoms with Crippen LogP contribution < -0.4 is 0 Å². The molecule has 2 aliphatic carbocycles. The number of fused-ring (bicyclic) bond motifs is 3. The van der Waals surface area contributed by atoms with Gasteiger partial charge < -0.3 is 4.74 Å². The quantitative estimate of drug-likeness (QED) is 0.633. The highest BCUT2D eigenvalue weighted by molar-refractivity contribution is 6.21. The number of hydrogen-bond donors (Lipinski definition) is 0. The van der Waals surface area contributed by atoms with Crippen LogP contribution in [0.25, 0.3) is 0 Å². The molecule has 4 atom stereocenters. The highest BCUT2D eigenvalue weighted by Gasteiger charge is 2.53. The average molecular weight is 313 g/mol. The van der Waals surface area contributed by atoms with E-state index in [2.05, 4.69) is 0 Å². The number of nitrogens with zero attached hydrogens (tertiary/aromatic N) is 1. The van der Waals surface area contributed by atoms with Gasteiger partial charge in [-0.1, -0.05) is 12.1 Å². The first-order chi connectivity index (χ1) is 11.1. The third kappa shape index (κ3) is 2.02. The Balaban J connectivity index is 1.60. The van der Waals surface area contributed by atoms with E-state index in [1.54, 1.807) is 24.3 Å². The lowest BCUT2D eigenvalue weighted by Gasteiger charge is -2.31. The molecule has 0 spiro atoms. The number of ether oxygens (including phenoxy) is 1. The van der Waals surface area contributed by atoms with Gasteiger partial charge in [0.05, 0.1) is 24.2 Å². The Kier molecular flexibility index (Phi) is 3.25. The van der Waals surface area contributed by atoms with Crippen LogP contribution in [0.5, 0.6) is 0 Å². The zero-order valence-corrected chi connectivity index (χ0v) is 13.0. The number of amides is 2. The molecule has 4 rings (SSSR count). The maximum absolute atomic E-state index is 12.5. The normalized spacial score (nSPS) is 31.6. The zero-order valence-electron chi connectivity index (χ0n) is 13.0. The van der Waals surface area contributed by atoms with Crippen LogP contribution >= 0.6 is 0 Å². The first-order valence-electron chi connectivity index (χ1n) is 8.15. The highest BCUT2D eigenvalue weighted by Crippen LogP contribution is 2.53. The number of hydrogen-bond acceptors (Lipinski definition) is 4. The van der Waals surface area contributed by atoms with Gasteiger partial charge in [0.15, 0.2) is 0 Å². The number of esters is 1. The number of carbonyl (C=O) groups excluding carboxylic acids is 3. The summed E-state index contributed by atoms with van der Waals surface area (Å²) in [5.41, 5.74) is 0.936. The molecule has 5 heteroatoms. The standard InChI is InChI=1S/C18H19NO4/c1-23-18(22)15-11-7-6-10(8-11)14(15)9-19-16(20)12-4-2-3-5-13(12)17(19)21/h2-5,10-11,14-15H,6-9H2,1H3. The Morgan fingerprint density at radius 1 is 1.13 bits per heavy atom. The van der Waals surface area contributed by atoms with E-state index in [1.165, 1.54) is 12.0 Å². The first-order valence-corrected chi connectivity index (χ1v) is 8.15. The van der Waals surface area contributed by atoms with Crippen LogP contribution in [-0.4, -0.2) is 36.3 Å². The minimum absolute atomic E-state index is 0.0309. The van der Waals surface area contributed by atoms with Crippen molar-refractivity contribution in [1.82, 2.24) is 4.90 Å². The van der Waals surface area contributed by atoms with Crippen molar-refractivity contribution in [3.8, 4) is 0 Å². The van der Waals surface area contributed by atoms with Crippen LogP contribution in [0.4, 0.5) is 0 Å². The van der Waals surface area contributed by atoms with Crippen molar-refractivity contribution in [2.24, 2.45) is 23.7 Å². The summed E-state index contributed by atoms with van der Waals surface area (Å²) in [4.78, 5) is 38.6. The van der Waals surface area contributed by atoms with Gasteiger partial charge in [-0.2, -0.15) is 0 Å². The number of rotatable bonds is 3. The lowest BCUT2D eigenvalue weighted by molar-refractivity contribution is -0.149. The third-order valence-electron chi connectivity index (χ3n) is 5.83. The fourth-order valence-corrected chi connectivity index (χ4v) is 4.79. The predicted octanol–water partition coefficient (Wildman–Crippen LogP) is 2.12. The Morgan fingerprint density at radius 2 is 1.74 bits per heavy atom. The van der Waals surface area contributed by atoms with Gasteiger partial charge in [-0.05, 0) is 49.1 Å². The molecule has 0 radical (unpaired) electrons. The minimum Gasteiger partial charge on any atom is -0.469 e. The molecule has 1 aliphatic heterocycles. The molecule has 120 valence electrons. The highest BCUT2D eigenvalue weighted by atomic mass is 16.5. The summed E-state index contributed by atoms with van der Waals surface area (Å²) >= 11 is 0. The van der Waals surface area contributed by atoms with E-state index in [4.69, 9.17) is 4.74 Å². The summed E-state index contributed by atoms with van der Waals surface area (Å²) in [6, 6.07) is 6.91. The SMILES string of the molecule is COC(=O)C1C2CCC(C2)C1CN1C(=O)c2ccccc2C1=O. The largest absolute Gasteiger partial charge is 0.469 e. The second-order valence-electron chi connectivity index (χ2n) is 6.81. The Labute approximate surface area is 134 Å². The summed E-state index contributed by atoms with van der Waals surface area (Å²) in [7, 11) is 1.41. The summed E-state index contributed by atoms with van der Waals surface area (Å²) in [6.45, 7) is 0.327. The molecule has 23 heavy (non-hydrogen) atoms. The smallest absolute Gasteiger partial charge is 0.309 e. The summed E-state index contributed by atoms with van der Waals surface area (Å²) in [6.07, 6.45) is 3.13. The monoisotopic (exact) mass is 313 g/mol. The lowest BCUT2D eigenvalue weighted by atomic mass is 9.79. The molecule has 2 fully saturated rings. The predicted molar refractivity (Wildman–Crippen MR) is 81.6 cm³/mol. The molecule has 0 saturated heterocycles. The molecule has 4 unspecified atom stereocenters. The van der Waals surface area contributed by atoms with Gasteiger partial charge in [-0.25, -0.2) is 0 Å². The molecule has 2 saturated carbocycles. The molecule has 2 bridgehead atoms. The van der Waals surface area contributed by atoms with E-state index in [0.29, 0.717) is 29.5 Å². The Bertz CT molecular complexity index is 663. The third-order valence-corrected chi connectivity index (χ3v) is 5.83. The van der Waals surface area contributed by atoms with Crippen molar-refractivity contribution in [3.63, 3.8) is 0 Å². The van der Waals surface area contributed by atoms with Crippen molar-refractivity contribution < 1.29 is 19.1 Å². The number of benzene rings is 1. The molecule has 0 N–H and O–H groups in total. The molecule has 2 amide bonds. The van der Waals surface area contributed by atoms with Gasteiger partial charge in [-0.15, -0.1) is 0 Å². The van der Waals surface area contributed by atoms with Gasteiger partial charge in [0.1, 0.15) is 0 Å². The minimum atomic E-state index is -0.239. The number of imide groups is 1. The van der Waals surface area contributed by atoms with Crippen LogP contribution in [0.15, 0.2) is 24.3 Å². The van der Waals surface area contributed by atoms with Crippen LogP contribution in [-0.2, 0) is 9.53 Å². The fourth-order valence-electron chi connectivity index (χ4n) is 4.79. The van der Waals surface area contributed by atoms with E-state index in [-0.39, 0.29) is 29.6 Å². The average Bonchev–Trinajstić information content (AvgIpc) is 3.24. The molecular formula is C18H19NO4. The van der Waals surface area contributed by atoms with Crippen molar-refractivity contribution in [3.05, 3.63) is 35.4 Å². The van der Waals surface area contributed by atoms with E-state index >= 15 is 0 Å². The molecule has 1 heterocycles. The van der Waals surface area contributed by atoms with Gasteiger partial charge >= 0.3 is 5.97 Å². The molecule has 3 aliphatic rings. The van der Waals surface area contributed by atoms with Gasteiger partial charge in [0.25, 0.3) is 11.8 Å². The summed E-state index contributed by atoms with van der Waals surface area (Å²) < 4.78 is 4.97. The van der Waals surface area contributed by atoms with Gasteiger partial charge in [-0.3, -0.25) is 19.3 Å². The molecule has 1 aromatic rings. The molecular weight excluding hydrogens is 294 g/mol. The van der Waals surface area contributed by atoms with Crippen molar-refractivity contribution in [1.29, 1.82) is 0 Å². The lowest BCUT2D eigenvalue weighted by Crippen LogP contribution is -2.41. The van der Waals surface area contributed by atoms with Crippen molar-refractivity contribution in [2.45, 2.75) is 19.3 Å². The summed E-state index contributed by atoms with van der Waals surface area (Å²) in [5, 5.41) is 0. The molecule has 5 nitrogen and oxygen atoms in total. The van der Waals surface area contributed by atoms with Crippen molar-refractivity contribution >= 4 is 17.8 Å². The van der Waals surface area contributed by atoms with Crippen LogP contribution in [0, 0.1) is 23.7 Å². The van der Waals surface area contributed by atoms with E-state index in [9.17, 15) is 14.4 Å². The second-order valence-corrected chi connectivity index (χ2v) is 6.81. The topological polar surface area (TPSA) is 63.7 Å². The maximum Gasteiger partial charge on any atom is 0.309 e. The fraction of sp³-hybridized carbons (Fsp3) is 0.500. The zero-order chi connectivity index (χ0) is 16.1. The maximum atomic E-state index is 12.5. The van der Waals surface area contributed by atoms with E-state index in [1.807, 2.05) is 0 Å². The van der Waals surface area contributed by atoms with Crippen LogP contribution in [0.3, 0.4) is 0 Å². The van der Waals surface area contributed by atoms with Crippen LogP contribution in [0.1, 0.15) is 40.0 Å². The van der Waals surface area contributed by atoms with Crippen LogP contribution in [0.2, 0.25) is 0 Å². The Morgan fingerprint density at radius 3 is 2.35 bits per heavy atom. The summed E-state index contributed by atoms with van der Waals surface area (Å²) in [5.74, 6) is -0.0692. The number of carbonyl (C=O) groups is 3. The van der Waals surface area contributed by atoms with Gasteiger partial charge in [0.2, 0.25) is 0 Å². The van der Waals surface area contributed by atoms with Crippen molar-refractivity contribution in [2.75, 3.05) is 13.7 Å². The molecule has 0 aromatic heterocycles. The molecule has 1 aromatic carbocycles. The second kappa shape index (κ2) is 5.18. The Hall–Kier alpha value is -2.17. The van der Waals surface area contributed by atoms with E-state index < -0.39 is 0 Å².